The number of carbonyl (C=O) groups is 1. The van der Waals surface area contributed by atoms with E-state index in [0.717, 1.165) is 16.5 Å². The summed E-state index contributed by atoms with van der Waals surface area (Å²) in [7, 11) is 0. The number of nitro benzene ring substituents is 1. The average molecular weight is 304 g/mol. The zero-order valence-electron chi connectivity index (χ0n) is 12.0. The molecule has 0 saturated carbocycles. The lowest BCUT2D eigenvalue weighted by molar-refractivity contribution is -0.384. The van der Waals surface area contributed by atoms with E-state index in [-0.39, 0.29) is 11.5 Å². The van der Waals surface area contributed by atoms with Gasteiger partial charge in [-0.25, -0.2) is 0 Å². The van der Waals surface area contributed by atoms with Gasteiger partial charge in [0, 0.05) is 29.3 Å². The molecule has 0 radical (unpaired) electrons. The fraction of sp³-hybridized carbons (Fsp3) is 0. The summed E-state index contributed by atoms with van der Waals surface area (Å²) in [4.78, 5) is 26.6. The van der Waals surface area contributed by atoms with Crippen LogP contribution in [0.4, 0.5) is 5.69 Å². The van der Waals surface area contributed by atoms with E-state index >= 15 is 0 Å². The number of carbonyl (C=O) groups excluding carboxylic acids is 1. The maximum Gasteiger partial charge on any atom is 0.269 e. The highest BCUT2D eigenvalue weighted by molar-refractivity contribution is 6.07. The van der Waals surface area contributed by atoms with Crippen LogP contribution in [0.5, 0.6) is 0 Å². The Morgan fingerprint density at radius 3 is 2.52 bits per heavy atom. The fourth-order valence-corrected chi connectivity index (χ4v) is 2.27. The monoisotopic (exact) mass is 304 g/mol. The van der Waals surface area contributed by atoms with Crippen LogP contribution in [0.25, 0.3) is 17.0 Å². The van der Waals surface area contributed by atoms with E-state index in [4.69, 9.17) is 0 Å². The Kier molecular flexibility index (Phi) is 3.93. The SMILES string of the molecule is O=C(C=Cc1ccnc2ccccc12)c1ccc([N+](=O)[O-])cc1. The maximum absolute atomic E-state index is 12.2. The second-order valence-electron chi connectivity index (χ2n) is 4.92. The van der Waals surface area contributed by atoms with Gasteiger partial charge in [-0.3, -0.25) is 19.9 Å². The minimum absolute atomic E-state index is 0.0364. The molecule has 0 aliphatic rings. The predicted molar refractivity (Wildman–Crippen MR) is 88.2 cm³/mol. The van der Waals surface area contributed by atoms with E-state index in [1.807, 2.05) is 30.3 Å². The van der Waals surface area contributed by atoms with Gasteiger partial charge in [0.05, 0.1) is 10.4 Å². The molecule has 0 aliphatic heterocycles. The van der Waals surface area contributed by atoms with Crippen LogP contribution in [0.3, 0.4) is 0 Å². The molecular formula is C18H12N2O3. The number of fused-ring (bicyclic) bond motifs is 1. The van der Waals surface area contributed by atoms with Crippen LogP contribution in [0.2, 0.25) is 0 Å². The Hall–Kier alpha value is -3.34. The van der Waals surface area contributed by atoms with Crippen molar-refractivity contribution in [3.63, 3.8) is 0 Å². The molecule has 2 aromatic carbocycles. The number of nitrogens with zero attached hydrogens (tertiary/aromatic N) is 2. The smallest absolute Gasteiger partial charge is 0.269 e. The van der Waals surface area contributed by atoms with E-state index in [2.05, 4.69) is 4.98 Å². The number of aromatic nitrogens is 1. The first-order valence-corrected chi connectivity index (χ1v) is 6.96. The third-order valence-corrected chi connectivity index (χ3v) is 3.46. The Balaban J connectivity index is 1.86. The highest BCUT2D eigenvalue weighted by Crippen LogP contribution is 2.18. The van der Waals surface area contributed by atoms with Crippen molar-refractivity contribution in [1.82, 2.24) is 4.98 Å². The van der Waals surface area contributed by atoms with E-state index in [0.29, 0.717) is 5.56 Å². The Bertz CT molecular complexity index is 910. The second kappa shape index (κ2) is 6.19. The van der Waals surface area contributed by atoms with E-state index in [1.165, 1.54) is 30.3 Å². The van der Waals surface area contributed by atoms with Gasteiger partial charge >= 0.3 is 0 Å². The zero-order valence-corrected chi connectivity index (χ0v) is 12.0. The molecule has 23 heavy (non-hydrogen) atoms. The van der Waals surface area contributed by atoms with Crippen LogP contribution in [-0.4, -0.2) is 15.7 Å². The van der Waals surface area contributed by atoms with E-state index < -0.39 is 4.92 Å². The summed E-state index contributed by atoms with van der Waals surface area (Å²) in [5.41, 5.74) is 2.12. The van der Waals surface area contributed by atoms with Crippen LogP contribution < -0.4 is 0 Å². The Labute approximate surface area is 132 Å². The molecule has 0 unspecified atom stereocenters. The lowest BCUT2D eigenvalue weighted by Gasteiger charge is -2.01. The van der Waals surface area contributed by atoms with Crippen molar-refractivity contribution in [3.8, 4) is 0 Å². The molecule has 5 nitrogen and oxygen atoms in total. The van der Waals surface area contributed by atoms with Crippen molar-refractivity contribution in [1.29, 1.82) is 0 Å². The van der Waals surface area contributed by atoms with Gasteiger partial charge < -0.3 is 0 Å². The molecule has 0 spiro atoms. The topological polar surface area (TPSA) is 73.1 Å². The molecule has 3 aromatic rings. The summed E-state index contributed by atoms with van der Waals surface area (Å²) in [6.45, 7) is 0. The molecule has 0 fully saturated rings. The van der Waals surface area contributed by atoms with Crippen molar-refractivity contribution in [2.24, 2.45) is 0 Å². The molecule has 1 aromatic heterocycles. The number of ketones is 1. The number of benzene rings is 2. The minimum Gasteiger partial charge on any atom is -0.289 e. The quantitative estimate of drug-likeness (QED) is 0.315. The van der Waals surface area contributed by atoms with Crippen LogP contribution in [0.15, 0.2) is 66.9 Å². The first kappa shape index (κ1) is 14.6. The van der Waals surface area contributed by atoms with Gasteiger partial charge in [-0.2, -0.15) is 0 Å². The fourth-order valence-electron chi connectivity index (χ4n) is 2.27. The number of para-hydroxylation sites is 1. The lowest BCUT2D eigenvalue weighted by atomic mass is 10.1. The van der Waals surface area contributed by atoms with Crippen molar-refractivity contribution >= 4 is 28.4 Å². The summed E-state index contributed by atoms with van der Waals surface area (Å²) in [5.74, 6) is -0.208. The summed E-state index contributed by atoms with van der Waals surface area (Å²) in [6.07, 6.45) is 4.88. The van der Waals surface area contributed by atoms with Crippen LogP contribution in [0.1, 0.15) is 15.9 Å². The van der Waals surface area contributed by atoms with Gasteiger partial charge in [0.2, 0.25) is 0 Å². The van der Waals surface area contributed by atoms with Gasteiger partial charge in [-0.1, -0.05) is 24.3 Å². The molecule has 0 aliphatic carbocycles. The molecule has 0 bridgehead atoms. The number of pyridine rings is 1. The van der Waals surface area contributed by atoms with Crippen LogP contribution >= 0.6 is 0 Å². The number of nitro groups is 1. The van der Waals surface area contributed by atoms with Gasteiger partial charge in [0.25, 0.3) is 5.69 Å². The first-order valence-electron chi connectivity index (χ1n) is 6.96. The van der Waals surface area contributed by atoms with Crippen molar-refractivity contribution < 1.29 is 9.72 Å². The zero-order chi connectivity index (χ0) is 16.2. The normalized spacial score (nSPS) is 11.0. The van der Waals surface area contributed by atoms with Crippen molar-refractivity contribution in [2.45, 2.75) is 0 Å². The number of non-ortho nitro benzene ring substituents is 1. The minimum atomic E-state index is -0.493. The largest absolute Gasteiger partial charge is 0.289 e. The molecular weight excluding hydrogens is 292 g/mol. The number of hydrogen-bond donors (Lipinski definition) is 0. The van der Waals surface area contributed by atoms with E-state index in [1.54, 1.807) is 12.3 Å². The molecule has 0 atom stereocenters. The molecule has 0 saturated heterocycles. The number of allylic oxidation sites excluding steroid dienone is 1. The molecule has 1 heterocycles. The number of hydrogen-bond acceptors (Lipinski definition) is 4. The predicted octanol–water partition coefficient (Wildman–Crippen LogP) is 4.04. The maximum atomic E-state index is 12.2. The highest BCUT2D eigenvalue weighted by atomic mass is 16.6. The average Bonchev–Trinajstić information content (AvgIpc) is 2.59. The van der Waals surface area contributed by atoms with E-state index in [9.17, 15) is 14.9 Å². The third kappa shape index (κ3) is 3.13. The molecule has 0 N–H and O–H groups in total. The summed E-state index contributed by atoms with van der Waals surface area (Å²) in [5, 5.41) is 11.6. The summed E-state index contributed by atoms with van der Waals surface area (Å²) < 4.78 is 0. The third-order valence-electron chi connectivity index (χ3n) is 3.46. The standard InChI is InChI=1S/C18H12N2O3/c21-18(14-5-8-15(9-6-14)20(22)23)10-7-13-11-12-19-17-4-2-1-3-16(13)17/h1-12H. The second-order valence-corrected chi connectivity index (χ2v) is 4.92. The van der Waals surface area contributed by atoms with Gasteiger partial charge in [-0.15, -0.1) is 0 Å². The van der Waals surface area contributed by atoms with Crippen LogP contribution in [-0.2, 0) is 0 Å². The first-order chi connectivity index (χ1) is 11.1. The number of rotatable bonds is 4. The molecule has 3 rings (SSSR count). The Morgan fingerprint density at radius 2 is 1.78 bits per heavy atom. The van der Waals surface area contributed by atoms with Crippen molar-refractivity contribution in [2.75, 3.05) is 0 Å². The van der Waals surface area contributed by atoms with Gasteiger partial charge in [0.15, 0.2) is 5.78 Å². The molecule has 5 heteroatoms. The molecule has 0 amide bonds. The van der Waals surface area contributed by atoms with Crippen molar-refractivity contribution in [3.05, 3.63) is 88.1 Å². The van der Waals surface area contributed by atoms with Gasteiger partial charge in [0.1, 0.15) is 0 Å². The van der Waals surface area contributed by atoms with Crippen LogP contribution in [0, 0.1) is 10.1 Å². The molecule has 112 valence electrons. The lowest BCUT2D eigenvalue weighted by Crippen LogP contribution is -1.95. The van der Waals surface area contributed by atoms with Gasteiger partial charge in [-0.05, 0) is 35.9 Å². The summed E-state index contributed by atoms with van der Waals surface area (Å²) >= 11 is 0. The highest BCUT2D eigenvalue weighted by Gasteiger charge is 2.07. The Morgan fingerprint density at radius 1 is 1.04 bits per heavy atom. The summed E-state index contributed by atoms with van der Waals surface area (Å²) in [6, 6.07) is 15.1.